The lowest BCUT2D eigenvalue weighted by molar-refractivity contribution is 0.252. The Labute approximate surface area is 155 Å². The van der Waals surface area contributed by atoms with E-state index in [1.165, 1.54) is 24.5 Å². The fraction of sp³-hybridized carbons (Fsp3) is 0.111. The molecule has 3 rings (SSSR count). The van der Waals surface area contributed by atoms with Crippen LogP contribution in [0.1, 0.15) is 0 Å². The van der Waals surface area contributed by atoms with E-state index < -0.39 is 11.8 Å². The third-order valence-corrected chi connectivity index (χ3v) is 3.39. The summed E-state index contributed by atoms with van der Waals surface area (Å²) in [6.07, 6.45) is 3.11. The monoisotopic (exact) mass is 367 g/mol. The highest BCUT2D eigenvalue weighted by molar-refractivity contribution is 5.89. The van der Waals surface area contributed by atoms with Crippen LogP contribution in [-0.2, 0) is 0 Å². The Morgan fingerprint density at radius 1 is 0.926 bits per heavy atom. The molecule has 0 aliphatic carbocycles. The van der Waals surface area contributed by atoms with E-state index in [4.69, 9.17) is 0 Å². The van der Waals surface area contributed by atoms with Gasteiger partial charge < -0.3 is 21.3 Å². The third kappa shape index (κ3) is 5.92. The number of urea groups is 1. The molecule has 9 heteroatoms. The number of hydrogen-bond donors (Lipinski definition) is 4. The van der Waals surface area contributed by atoms with E-state index in [9.17, 15) is 9.18 Å². The second-order valence-electron chi connectivity index (χ2n) is 5.45. The lowest BCUT2D eigenvalue weighted by Gasteiger charge is -2.10. The highest BCUT2D eigenvalue weighted by Crippen LogP contribution is 2.13. The van der Waals surface area contributed by atoms with Crippen LogP contribution in [0, 0.1) is 5.82 Å². The molecule has 27 heavy (non-hydrogen) atoms. The molecule has 0 aliphatic heterocycles. The Kier molecular flexibility index (Phi) is 6.08. The molecule has 0 saturated heterocycles. The van der Waals surface area contributed by atoms with Gasteiger partial charge in [0.2, 0.25) is 0 Å². The summed E-state index contributed by atoms with van der Waals surface area (Å²) in [5, 5.41) is 11.4. The van der Waals surface area contributed by atoms with Crippen LogP contribution in [0.3, 0.4) is 0 Å². The predicted molar refractivity (Wildman–Crippen MR) is 101 cm³/mol. The first kappa shape index (κ1) is 18.1. The number of nitrogens with one attached hydrogen (secondary N) is 4. The molecule has 0 atom stereocenters. The molecule has 0 fully saturated rings. The Morgan fingerprint density at radius 2 is 1.81 bits per heavy atom. The number of amides is 2. The van der Waals surface area contributed by atoms with E-state index in [-0.39, 0.29) is 0 Å². The normalized spacial score (nSPS) is 10.1. The molecule has 1 aromatic carbocycles. The number of benzene rings is 1. The standard InChI is InChI=1S/C18H18FN7O/c19-13-4-3-5-14(10-13)25-18(27)22-9-8-21-16-11-17(24-12-23-16)26-15-6-1-2-7-20-15/h1-7,10-12H,8-9H2,(H2,22,25,27)(H2,20,21,23,24,26). The first-order valence-corrected chi connectivity index (χ1v) is 8.23. The number of nitrogens with zero attached hydrogens (tertiary/aromatic N) is 3. The van der Waals surface area contributed by atoms with Crippen LogP contribution in [0.5, 0.6) is 0 Å². The van der Waals surface area contributed by atoms with Crippen molar-refractivity contribution in [3.63, 3.8) is 0 Å². The maximum Gasteiger partial charge on any atom is 0.319 e. The van der Waals surface area contributed by atoms with Gasteiger partial charge in [-0.25, -0.2) is 24.1 Å². The molecule has 0 bridgehead atoms. The number of carbonyl (C=O) groups is 1. The minimum atomic E-state index is -0.414. The average Bonchev–Trinajstić information content (AvgIpc) is 2.66. The van der Waals surface area contributed by atoms with E-state index in [2.05, 4.69) is 36.2 Å². The smallest absolute Gasteiger partial charge is 0.319 e. The van der Waals surface area contributed by atoms with Crippen molar-refractivity contribution < 1.29 is 9.18 Å². The molecule has 8 nitrogen and oxygen atoms in total. The molecule has 3 aromatic rings. The van der Waals surface area contributed by atoms with Gasteiger partial charge in [-0.05, 0) is 30.3 Å². The molecule has 4 N–H and O–H groups in total. The molecule has 2 aromatic heterocycles. The van der Waals surface area contributed by atoms with Crippen molar-refractivity contribution in [2.45, 2.75) is 0 Å². The second kappa shape index (κ2) is 9.09. The van der Waals surface area contributed by atoms with Crippen LogP contribution in [0.25, 0.3) is 0 Å². The molecule has 138 valence electrons. The molecule has 0 unspecified atom stereocenters. The Balaban J connectivity index is 1.42. The van der Waals surface area contributed by atoms with E-state index in [1.54, 1.807) is 18.3 Å². The van der Waals surface area contributed by atoms with Gasteiger partial charge in [-0.15, -0.1) is 0 Å². The Hall–Kier alpha value is -3.75. The van der Waals surface area contributed by atoms with Gasteiger partial charge in [0, 0.05) is 31.0 Å². The number of hydrogen-bond acceptors (Lipinski definition) is 6. The van der Waals surface area contributed by atoms with Crippen molar-refractivity contribution in [2.75, 3.05) is 29.0 Å². The second-order valence-corrected chi connectivity index (χ2v) is 5.45. The van der Waals surface area contributed by atoms with Crippen molar-refractivity contribution in [1.29, 1.82) is 0 Å². The summed E-state index contributed by atoms with van der Waals surface area (Å²) in [6.45, 7) is 0.810. The SMILES string of the molecule is O=C(NCCNc1cc(Nc2ccccn2)ncn1)Nc1cccc(F)c1. The van der Waals surface area contributed by atoms with E-state index in [1.807, 2.05) is 18.2 Å². The number of halogens is 1. The predicted octanol–water partition coefficient (Wildman–Crippen LogP) is 2.99. The molecule has 2 amide bonds. The quantitative estimate of drug-likeness (QED) is 0.479. The molecule has 0 radical (unpaired) electrons. The van der Waals surface area contributed by atoms with Crippen LogP contribution >= 0.6 is 0 Å². The van der Waals surface area contributed by atoms with E-state index in [0.717, 1.165) is 0 Å². The minimum Gasteiger partial charge on any atom is -0.368 e. The molecular weight excluding hydrogens is 349 g/mol. The van der Waals surface area contributed by atoms with E-state index in [0.29, 0.717) is 36.2 Å². The van der Waals surface area contributed by atoms with Crippen molar-refractivity contribution in [3.8, 4) is 0 Å². The minimum absolute atomic E-state index is 0.355. The maximum absolute atomic E-state index is 13.1. The first-order chi connectivity index (χ1) is 13.2. The van der Waals surface area contributed by atoms with Crippen molar-refractivity contribution in [2.24, 2.45) is 0 Å². The van der Waals surface area contributed by atoms with Crippen molar-refractivity contribution >= 4 is 29.2 Å². The zero-order valence-electron chi connectivity index (χ0n) is 14.3. The number of rotatable bonds is 7. The van der Waals surface area contributed by atoms with Crippen LogP contribution in [0.15, 0.2) is 61.1 Å². The van der Waals surface area contributed by atoms with Gasteiger partial charge in [0.25, 0.3) is 0 Å². The fourth-order valence-corrected chi connectivity index (χ4v) is 2.20. The fourth-order valence-electron chi connectivity index (χ4n) is 2.20. The number of aromatic nitrogens is 3. The summed E-state index contributed by atoms with van der Waals surface area (Å²) in [7, 11) is 0. The number of anilines is 4. The topological polar surface area (TPSA) is 104 Å². The van der Waals surface area contributed by atoms with Gasteiger partial charge in [-0.1, -0.05) is 12.1 Å². The first-order valence-electron chi connectivity index (χ1n) is 8.23. The van der Waals surface area contributed by atoms with Gasteiger partial charge >= 0.3 is 6.03 Å². The molecule has 0 spiro atoms. The average molecular weight is 367 g/mol. The van der Waals surface area contributed by atoms with Crippen LogP contribution in [-0.4, -0.2) is 34.1 Å². The summed E-state index contributed by atoms with van der Waals surface area (Å²) >= 11 is 0. The van der Waals surface area contributed by atoms with Crippen LogP contribution in [0.4, 0.5) is 32.3 Å². The zero-order valence-corrected chi connectivity index (χ0v) is 14.3. The van der Waals surface area contributed by atoms with Gasteiger partial charge in [0.15, 0.2) is 0 Å². The van der Waals surface area contributed by atoms with Gasteiger partial charge in [0.05, 0.1) is 0 Å². The summed E-state index contributed by atoms with van der Waals surface area (Å²) in [5.74, 6) is 1.48. The van der Waals surface area contributed by atoms with Crippen molar-refractivity contribution in [3.05, 3.63) is 66.9 Å². The molecule has 0 saturated carbocycles. The zero-order chi connectivity index (χ0) is 18.9. The van der Waals surface area contributed by atoms with Crippen LogP contribution in [0.2, 0.25) is 0 Å². The summed E-state index contributed by atoms with van der Waals surface area (Å²) in [4.78, 5) is 24.2. The highest BCUT2D eigenvalue weighted by Gasteiger charge is 2.03. The summed E-state index contributed by atoms with van der Waals surface area (Å²) in [5.41, 5.74) is 0.390. The van der Waals surface area contributed by atoms with E-state index >= 15 is 0 Å². The van der Waals surface area contributed by atoms with Crippen molar-refractivity contribution in [1.82, 2.24) is 20.3 Å². The maximum atomic E-state index is 13.1. The Bertz CT molecular complexity index is 892. The van der Waals surface area contributed by atoms with Gasteiger partial charge in [0.1, 0.15) is 29.6 Å². The summed E-state index contributed by atoms with van der Waals surface area (Å²) in [6, 6.07) is 12.5. The van der Waals surface area contributed by atoms with Gasteiger partial charge in [-0.3, -0.25) is 0 Å². The summed E-state index contributed by atoms with van der Waals surface area (Å²) < 4.78 is 13.1. The lowest BCUT2D eigenvalue weighted by atomic mass is 10.3. The largest absolute Gasteiger partial charge is 0.368 e. The third-order valence-electron chi connectivity index (χ3n) is 3.39. The molecule has 0 aliphatic rings. The number of carbonyl (C=O) groups excluding carboxylic acids is 1. The number of pyridine rings is 1. The molecule has 2 heterocycles. The highest BCUT2D eigenvalue weighted by atomic mass is 19.1. The Morgan fingerprint density at radius 3 is 2.63 bits per heavy atom. The molecular formula is C18H18FN7O. The van der Waals surface area contributed by atoms with Gasteiger partial charge in [-0.2, -0.15) is 0 Å². The van der Waals surface area contributed by atoms with Crippen LogP contribution < -0.4 is 21.3 Å². The lowest BCUT2D eigenvalue weighted by Crippen LogP contribution is -2.32.